The number of carbonyl (C=O) groups is 1. The number of ether oxygens (including phenoxy) is 1. The molecule has 0 fully saturated rings. The molecule has 0 aromatic heterocycles. The Morgan fingerprint density at radius 1 is 1.42 bits per heavy atom. The fourth-order valence-corrected chi connectivity index (χ4v) is 1.63. The molecule has 0 unspecified atom stereocenters. The van der Waals surface area contributed by atoms with E-state index in [0.29, 0.717) is 0 Å². The molecule has 0 spiro atoms. The standard InChI is InChI=1S/C14H18F3N3O4/c1-9(19(2)3)7-18-13(21)11-6-10(24-8-14(15,16)17)4-5-12(11)20(22)23/h4-6,9H,7-8H2,1-3H3,(H,18,21)/t9-/m0/s1. The number of nitrogens with zero attached hydrogens (tertiary/aromatic N) is 2. The van der Waals surface area contributed by atoms with Crippen molar-refractivity contribution in [1.29, 1.82) is 0 Å². The maximum Gasteiger partial charge on any atom is 0.422 e. The van der Waals surface area contributed by atoms with Gasteiger partial charge in [-0.1, -0.05) is 0 Å². The maximum absolute atomic E-state index is 12.2. The van der Waals surface area contributed by atoms with E-state index in [2.05, 4.69) is 10.1 Å². The predicted octanol–water partition coefficient (Wildman–Crippen LogP) is 2.22. The Bertz CT molecular complexity index is 605. The van der Waals surface area contributed by atoms with Crippen LogP contribution in [-0.4, -0.2) is 55.2 Å². The number of alkyl halides is 3. The highest BCUT2D eigenvalue weighted by atomic mass is 19.4. The topological polar surface area (TPSA) is 84.7 Å². The average molecular weight is 349 g/mol. The molecule has 0 aliphatic rings. The summed E-state index contributed by atoms with van der Waals surface area (Å²) in [7, 11) is 3.59. The van der Waals surface area contributed by atoms with Crippen LogP contribution >= 0.6 is 0 Å². The van der Waals surface area contributed by atoms with Crippen molar-refractivity contribution in [3.05, 3.63) is 33.9 Å². The fraction of sp³-hybridized carbons (Fsp3) is 0.500. The van der Waals surface area contributed by atoms with Gasteiger partial charge in [-0.05, 0) is 33.2 Å². The lowest BCUT2D eigenvalue weighted by atomic mass is 10.1. The van der Waals surface area contributed by atoms with Crippen LogP contribution in [-0.2, 0) is 0 Å². The normalized spacial score (nSPS) is 12.8. The number of amides is 1. The van der Waals surface area contributed by atoms with Crippen LogP contribution in [0.25, 0.3) is 0 Å². The summed E-state index contributed by atoms with van der Waals surface area (Å²) in [5.74, 6) is -1.03. The summed E-state index contributed by atoms with van der Waals surface area (Å²) in [4.78, 5) is 24.2. The monoisotopic (exact) mass is 349 g/mol. The number of nitro benzene ring substituents is 1. The van der Waals surface area contributed by atoms with E-state index in [1.165, 1.54) is 0 Å². The van der Waals surface area contributed by atoms with Gasteiger partial charge in [-0.15, -0.1) is 0 Å². The van der Waals surface area contributed by atoms with Crippen molar-refractivity contribution in [2.75, 3.05) is 27.2 Å². The van der Waals surface area contributed by atoms with Gasteiger partial charge in [0.2, 0.25) is 0 Å². The highest BCUT2D eigenvalue weighted by Gasteiger charge is 2.29. The van der Waals surface area contributed by atoms with Gasteiger partial charge in [-0.25, -0.2) is 0 Å². The first-order chi connectivity index (χ1) is 11.0. The molecule has 24 heavy (non-hydrogen) atoms. The molecular formula is C14H18F3N3O4. The smallest absolute Gasteiger partial charge is 0.422 e. The fourth-order valence-electron chi connectivity index (χ4n) is 1.63. The van der Waals surface area contributed by atoms with E-state index in [0.717, 1.165) is 18.2 Å². The lowest BCUT2D eigenvalue weighted by molar-refractivity contribution is -0.385. The van der Waals surface area contributed by atoms with E-state index >= 15 is 0 Å². The quantitative estimate of drug-likeness (QED) is 0.603. The molecule has 1 aromatic rings. The van der Waals surface area contributed by atoms with Crippen molar-refractivity contribution >= 4 is 11.6 Å². The minimum Gasteiger partial charge on any atom is -0.484 e. The Hall–Kier alpha value is -2.36. The van der Waals surface area contributed by atoms with E-state index in [1.54, 1.807) is 14.1 Å². The maximum atomic E-state index is 12.2. The van der Waals surface area contributed by atoms with Crippen LogP contribution in [0.3, 0.4) is 0 Å². The van der Waals surface area contributed by atoms with Gasteiger partial charge in [-0.2, -0.15) is 13.2 Å². The second-order valence-corrected chi connectivity index (χ2v) is 5.36. The zero-order valence-corrected chi connectivity index (χ0v) is 13.4. The molecule has 0 saturated carbocycles. The van der Waals surface area contributed by atoms with Crippen molar-refractivity contribution in [2.45, 2.75) is 19.1 Å². The Balaban J connectivity index is 2.96. The summed E-state index contributed by atoms with van der Waals surface area (Å²) >= 11 is 0. The third-order valence-electron chi connectivity index (χ3n) is 3.25. The SMILES string of the molecule is C[C@@H](CNC(=O)c1cc(OCC(F)(F)F)ccc1[N+](=O)[O-])N(C)C. The lowest BCUT2D eigenvalue weighted by Crippen LogP contribution is -2.38. The molecule has 134 valence electrons. The first kappa shape index (κ1) is 19.7. The molecule has 0 aliphatic carbocycles. The number of carbonyl (C=O) groups excluding carboxylic acids is 1. The summed E-state index contributed by atoms with van der Waals surface area (Å²) in [6, 6.07) is 2.86. The van der Waals surface area contributed by atoms with Crippen LogP contribution in [0.5, 0.6) is 5.75 Å². The van der Waals surface area contributed by atoms with Crippen LogP contribution < -0.4 is 10.1 Å². The van der Waals surface area contributed by atoms with E-state index < -0.39 is 29.3 Å². The number of benzene rings is 1. The minimum absolute atomic E-state index is 0.0299. The van der Waals surface area contributed by atoms with Crippen LogP contribution in [0.4, 0.5) is 18.9 Å². The summed E-state index contributed by atoms with van der Waals surface area (Å²) < 4.78 is 41.1. The number of halogens is 3. The first-order valence-electron chi connectivity index (χ1n) is 6.94. The van der Waals surface area contributed by atoms with E-state index in [-0.39, 0.29) is 23.9 Å². The molecule has 1 aromatic carbocycles. The summed E-state index contributed by atoms with van der Waals surface area (Å²) in [5.41, 5.74) is -0.866. The molecule has 0 radical (unpaired) electrons. The number of hydrogen-bond donors (Lipinski definition) is 1. The number of hydrogen-bond acceptors (Lipinski definition) is 5. The van der Waals surface area contributed by atoms with Crippen LogP contribution in [0.2, 0.25) is 0 Å². The van der Waals surface area contributed by atoms with Crippen molar-refractivity contribution in [2.24, 2.45) is 0 Å². The van der Waals surface area contributed by atoms with Gasteiger partial charge in [0.05, 0.1) is 4.92 Å². The summed E-state index contributed by atoms with van der Waals surface area (Å²) in [5, 5.41) is 13.5. The van der Waals surface area contributed by atoms with Crippen molar-refractivity contribution in [3.8, 4) is 5.75 Å². The molecule has 1 atom stereocenters. The molecule has 0 heterocycles. The van der Waals surface area contributed by atoms with Gasteiger partial charge in [0.1, 0.15) is 11.3 Å². The first-order valence-corrected chi connectivity index (χ1v) is 6.94. The van der Waals surface area contributed by atoms with E-state index in [9.17, 15) is 28.1 Å². The summed E-state index contributed by atoms with van der Waals surface area (Å²) in [6.07, 6.45) is -4.55. The third-order valence-corrected chi connectivity index (χ3v) is 3.25. The van der Waals surface area contributed by atoms with Crippen molar-refractivity contribution < 1.29 is 27.6 Å². The lowest BCUT2D eigenvalue weighted by Gasteiger charge is -2.20. The Morgan fingerprint density at radius 3 is 2.54 bits per heavy atom. The highest BCUT2D eigenvalue weighted by molar-refractivity contribution is 5.98. The van der Waals surface area contributed by atoms with Gasteiger partial charge >= 0.3 is 6.18 Å². The van der Waals surface area contributed by atoms with E-state index in [1.807, 2.05) is 11.8 Å². The molecule has 1 N–H and O–H groups in total. The molecule has 10 heteroatoms. The van der Waals surface area contributed by atoms with Gasteiger partial charge < -0.3 is 15.0 Å². The predicted molar refractivity (Wildman–Crippen MR) is 80.1 cm³/mol. The third kappa shape index (κ3) is 6.03. The molecule has 0 aliphatic heterocycles. The van der Waals surface area contributed by atoms with Gasteiger partial charge in [0, 0.05) is 18.7 Å². The Morgan fingerprint density at radius 2 is 2.04 bits per heavy atom. The van der Waals surface area contributed by atoms with Gasteiger partial charge in [0.15, 0.2) is 6.61 Å². The summed E-state index contributed by atoms with van der Waals surface area (Å²) in [6.45, 7) is 0.498. The van der Waals surface area contributed by atoms with Crippen molar-refractivity contribution in [3.63, 3.8) is 0 Å². The second kappa shape index (κ2) is 7.95. The molecule has 0 saturated heterocycles. The van der Waals surface area contributed by atoms with Crippen molar-refractivity contribution in [1.82, 2.24) is 10.2 Å². The number of rotatable bonds is 7. The zero-order valence-electron chi connectivity index (χ0n) is 13.4. The number of nitrogens with one attached hydrogen (secondary N) is 1. The molecular weight excluding hydrogens is 331 g/mol. The Kier molecular flexibility index (Phi) is 6.52. The zero-order chi connectivity index (χ0) is 18.5. The second-order valence-electron chi connectivity index (χ2n) is 5.36. The van der Waals surface area contributed by atoms with Crippen LogP contribution in [0.1, 0.15) is 17.3 Å². The minimum atomic E-state index is -4.55. The highest BCUT2D eigenvalue weighted by Crippen LogP contribution is 2.25. The molecule has 0 bridgehead atoms. The molecule has 1 amide bonds. The molecule has 7 nitrogen and oxygen atoms in total. The molecule has 1 rings (SSSR count). The Labute approximate surface area is 136 Å². The largest absolute Gasteiger partial charge is 0.484 e. The van der Waals surface area contributed by atoms with Crippen LogP contribution in [0.15, 0.2) is 18.2 Å². The van der Waals surface area contributed by atoms with Crippen LogP contribution in [0, 0.1) is 10.1 Å². The number of nitro groups is 1. The number of likely N-dealkylation sites (N-methyl/N-ethyl adjacent to an activating group) is 1. The average Bonchev–Trinajstić information content (AvgIpc) is 2.48. The van der Waals surface area contributed by atoms with E-state index in [4.69, 9.17) is 0 Å². The van der Waals surface area contributed by atoms with Gasteiger partial charge in [-0.3, -0.25) is 14.9 Å². The van der Waals surface area contributed by atoms with Gasteiger partial charge in [0.25, 0.3) is 11.6 Å².